The summed E-state index contributed by atoms with van der Waals surface area (Å²) in [6.07, 6.45) is 6.47. The van der Waals surface area contributed by atoms with E-state index in [4.69, 9.17) is 5.73 Å². The average Bonchev–Trinajstić information content (AvgIpc) is 2.67. The molecular formula is C15H23N3O. The number of nitrogens with two attached hydrogens (primary N) is 1. The van der Waals surface area contributed by atoms with Crippen LogP contribution in [0.2, 0.25) is 0 Å². The van der Waals surface area contributed by atoms with Crippen molar-refractivity contribution >= 4 is 11.6 Å². The van der Waals surface area contributed by atoms with Crippen LogP contribution in [0.25, 0.3) is 0 Å². The van der Waals surface area contributed by atoms with Crippen LogP contribution in [-0.2, 0) is 0 Å². The topological polar surface area (TPSA) is 59.2 Å². The molecule has 2 rings (SSSR count). The number of carbonyl (C=O) groups is 1. The van der Waals surface area contributed by atoms with E-state index >= 15 is 0 Å². The van der Waals surface area contributed by atoms with Gasteiger partial charge in [0.1, 0.15) is 5.82 Å². The van der Waals surface area contributed by atoms with Crippen LogP contribution in [0.4, 0.5) is 5.82 Å². The van der Waals surface area contributed by atoms with Crippen molar-refractivity contribution < 1.29 is 4.79 Å². The summed E-state index contributed by atoms with van der Waals surface area (Å²) in [5.74, 6) is 0.399. The molecule has 4 heteroatoms. The molecule has 0 aliphatic carbocycles. The molecule has 2 heterocycles. The average molecular weight is 261 g/mol. The summed E-state index contributed by atoms with van der Waals surface area (Å²) in [6, 6.07) is 3.53. The van der Waals surface area contributed by atoms with Gasteiger partial charge in [0.25, 0.3) is 0 Å². The Labute approximate surface area is 115 Å². The molecule has 0 radical (unpaired) electrons. The summed E-state index contributed by atoms with van der Waals surface area (Å²) in [6.45, 7) is 5.96. The molecule has 1 aromatic rings. The summed E-state index contributed by atoms with van der Waals surface area (Å²) < 4.78 is 0. The van der Waals surface area contributed by atoms with Crippen molar-refractivity contribution in [3.8, 4) is 0 Å². The number of Topliss-reactive ketones (excluding diaryl/α,β-unsaturated/α-hetero) is 1. The van der Waals surface area contributed by atoms with Crippen LogP contribution in [0.5, 0.6) is 0 Å². The zero-order valence-corrected chi connectivity index (χ0v) is 11.9. The first kappa shape index (κ1) is 14.0. The monoisotopic (exact) mass is 261 g/mol. The van der Waals surface area contributed by atoms with Crippen molar-refractivity contribution in [2.45, 2.75) is 45.1 Å². The molecule has 1 aromatic heterocycles. The third-order valence-corrected chi connectivity index (χ3v) is 4.04. The third-order valence-electron chi connectivity index (χ3n) is 4.04. The first-order valence-corrected chi connectivity index (χ1v) is 7.04. The Morgan fingerprint density at radius 3 is 2.47 bits per heavy atom. The number of nitrogens with zero attached hydrogens (tertiary/aromatic N) is 2. The van der Waals surface area contributed by atoms with Crippen molar-refractivity contribution in [3.63, 3.8) is 0 Å². The van der Waals surface area contributed by atoms with Crippen LogP contribution in [0.3, 0.4) is 0 Å². The molecule has 2 N–H and O–H groups in total. The second-order valence-electron chi connectivity index (χ2n) is 5.73. The van der Waals surface area contributed by atoms with Gasteiger partial charge >= 0.3 is 0 Å². The van der Waals surface area contributed by atoms with Crippen molar-refractivity contribution in [3.05, 3.63) is 23.9 Å². The van der Waals surface area contributed by atoms with Crippen LogP contribution in [0.15, 0.2) is 18.3 Å². The van der Waals surface area contributed by atoms with Crippen LogP contribution in [0.1, 0.15) is 49.9 Å². The maximum absolute atomic E-state index is 12.7. The highest BCUT2D eigenvalue weighted by molar-refractivity contribution is 6.05. The van der Waals surface area contributed by atoms with E-state index in [0.29, 0.717) is 11.4 Å². The molecule has 0 saturated carbocycles. The minimum absolute atomic E-state index is 0.0694. The Balaban J connectivity index is 2.23. The minimum Gasteiger partial charge on any atom is -0.383 e. The molecule has 0 unspecified atom stereocenters. The van der Waals surface area contributed by atoms with E-state index in [2.05, 4.69) is 9.88 Å². The number of pyridine rings is 1. The van der Waals surface area contributed by atoms with Crippen LogP contribution >= 0.6 is 0 Å². The van der Waals surface area contributed by atoms with Gasteiger partial charge in [-0.2, -0.15) is 0 Å². The Bertz CT molecular complexity index is 448. The van der Waals surface area contributed by atoms with E-state index in [0.717, 1.165) is 13.1 Å². The van der Waals surface area contributed by atoms with Gasteiger partial charge in [-0.3, -0.25) is 9.69 Å². The number of carbonyl (C=O) groups excluding carboxylic acids is 1. The standard InChI is InChI=1S/C15H23N3O/c1-15(2,18-10-5-3-4-6-11-18)13(19)12-8-7-9-17-14(12)16/h7-9H,3-6,10-11H2,1-2H3,(H2,16,17). The molecule has 1 fully saturated rings. The summed E-state index contributed by atoms with van der Waals surface area (Å²) in [7, 11) is 0. The molecule has 4 nitrogen and oxygen atoms in total. The fourth-order valence-corrected chi connectivity index (χ4v) is 2.71. The first-order chi connectivity index (χ1) is 9.03. The van der Waals surface area contributed by atoms with E-state index < -0.39 is 5.54 Å². The molecule has 1 aliphatic rings. The van der Waals surface area contributed by atoms with Gasteiger partial charge in [0.05, 0.1) is 11.1 Å². The number of hydrogen-bond donors (Lipinski definition) is 1. The molecule has 0 bridgehead atoms. The zero-order valence-electron chi connectivity index (χ0n) is 11.9. The molecule has 0 aromatic carbocycles. The molecule has 1 saturated heterocycles. The predicted octanol–water partition coefficient (Wildman–Crippen LogP) is 2.50. The van der Waals surface area contributed by atoms with E-state index in [1.54, 1.807) is 18.3 Å². The predicted molar refractivity (Wildman–Crippen MR) is 77.1 cm³/mol. The summed E-state index contributed by atoms with van der Waals surface area (Å²) in [4.78, 5) is 19.0. The largest absolute Gasteiger partial charge is 0.383 e. The highest BCUT2D eigenvalue weighted by atomic mass is 16.1. The Kier molecular flexibility index (Phi) is 4.20. The number of rotatable bonds is 3. The molecule has 1 aliphatic heterocycles. The second-order valence-corrected chi connectivity index (χ2v) is 5.73. The molecule has 19 heavy (non-hydrogen) atoms. The van der Waals surface area contributed by atoms with Crippen molar-refractivity contribution in [1.29, 1.82) is 0 Å². The van der Waals surface area contributed by atoms with Gasteiger partial charge in [-0.15, -0.1) is 0 Å². The van der Waals surface area contributed by atoms with Gasteiger partial charge in [0.2, 0.25) is 0 Å². The normalized spacial score (nSPS) is 18.0. The molecular weight excluding hydrogens is 238 g/mol. The van der Waals surface area contributed by atoms with Crippen LogP contribution in [0, 0.1) is 0 Å². The van der Waals surface area contributed by atoms with Gasteiger partial charge in [0.15, 0.2) is 5.78 Å². The number of ketones is 1. The van der Waals surface area contributed by atoms with Crippen molar-refractivity contribution in [2.75, 3.05) is 18.8 Å². The highest BCUT2D eigenvalue weighted by Crippen LogP contribution is 2.25. The number of nitrogen functional groups attached to an aromatic ring is 1. The van der Waals surface area contributed by atoms with Gasteiger partial charge in [-0.1, -0.05) is 12.8 Å². The smallest absolute Gasteiger partial charge is 0.186 e. The van der Waals surface area contributed by atoms with Crippen molar-refractivity contribution in [2.24, 2.45) is 0 Å². The SMILES string of the molecule is CC(C)(C(=O)c1cccnc1N)N1CCCCCC1. The van der Waals surface area contributed by atoms with Gasteiger partial charge in [-0.25, -0.2) is 4.98 Å². The highest BCUT2D eigenvalue weighted by Gasteiger charge is 2.36. The lowest BCUT2D eigenvalue weighted by Crippen LogP contribution is -2.50. The fraction of sp³-hybridized carbons (Fsp3) is 0.600. The summed E-state index contributed by atoms with van der Waals surface area (Å²) in [5.41, 5.74) is 5.85. The van der Waals surface area contributed by atoms with E-state index in [9.17, 15) is 4.79 Å². The lowest BCUT2D eigenvalue weighted by atomic mass is 9.91. The Hall–Kier alpha value is -1.42. The molecule has 0 amide bonds. The maximum atomic E-state index is 12.7. The van der Waals surface area contributed by atoms with Gasteiger partial charge < -0.3 is 5.73 Å². The lowest BCUT2D eigenvalue weighted by Gasteiger charge is -2.36. The molecule has 0 atom stereocenters. The van der Waals surface area contributed by atoms with E-state index in [-0.39, 0.29) is 5.78 Å². The Morgan fingerprint density at radius 1 is 1.26 bits per heavy atom. The zero-order chi connectivity index (χ0) is 13.9. The lowest BCUT2D eigenvalue weighted by molar-refractivity contribution is 0.0650. The second kappa shape index (κ2) is 5.70. The minimum atomic E-state index is -0.512. The maximum Gasteiger partial charge on any atom is 0.186 e. The van der Waals surface area contributed by atoms with E-state index in [1.807, 2.05) is 13.8 Å². The number of likely N-dealkylation sites (tertiary alicyclic amines) is 1. The summed E-state index contributed by atoms with van der Waals surface area (Å²) >= 11 is 0. The number of aromatic nitrogens is 1. The van der Waals surface area contributed by atoms with Crippen LogP contribution in [-0.4, -0.2) is 34.3 Å². The molecule has 104 valence electrons. The van der Waals surface area contributed by atoms with Gasteiger partial charge in [0, 0.05) is 6.20 Å². The first-order valence-electron chi connectivity index (χ1n) is 7.04. The van der Waals surface area contributed by atoms with E-state index in [1.165, 1.54) is 25.7 Å². The van der Waals surface area contributed by atoms with Crippen molar-refractivity contribution in [1.82, 2.24) is 9.88 Å². The Morgan fingerprint density at radius 2 is 1.89 bits per heavy atom. The fourth-order valence-electron chi connectivity index (χ4n) is 2.71. The number of anilines is 1. The summed E-state index contributed by atoms with van der Waals surface area (Å²) in [5, 5.41) is 0. The third kappa shape index (κ3) is 2.95. The van der Waals surface area contributed by atoms with Crippen LogP contribution < -0.4 is 5.73 Å². The molecule has 0 spiro atoms. The van der Waals surface area contributed by atoms with Gasteiger partial charge in [-0.05, 0) is 51.9 Å². The number of hydrogen-bond acceptors (Lipinski definition) is 4. The quantitative estimate of drug-likeness (QED) is 0.849.